The van der Waals surface area contributed by atoms with E-state index < -0.39 is 0 Å². The lowest BCUT2D eigenvalue weighted by Gasteiger charge is -2.33. The van der Waals surface area contributed by atoms with Crippen molar-refractivity contribution in [2.75, 3.05) is 39.8 Å². The highest BCUT2D eigenvalue weighted by atomic mass is 35.5. The first-order valence-corrected chi connectivity index (χ1v) is 6.32. The molecule has 2 aliphatic rings. The van der Waals surface area contributed by atoms with Gasteiger partial charge in [0.15, 0.2) is 0 Å². The molecule has 1 saturated carbocycles. The van der Waals surface area contributed by atoms with Crippen molar-refractivity contribution < 1.29 is 4.74 Å². The van der Waals surface area contributed by atoms with Crippen molar-refractivity contribution in [2.24, 2.45) is 5.92 Å². The lowest BCUT2D eigenvalue weighted by molar-refractivity contribution is -0.0186. The molecule has 2 fully saturated rings. The maximum atomic E-state index is 5.93. The van der Waals surface area contributed by atoms with E-state index in [2.05, 4.69) is 17.3 Å². The molecule has 1 atom stereocenters. The van der Waals surface area contributed by atoms with Gasteiger partial charge < -0.3 is 15.0 Å². The van der Waals surface area contributed by atoms with Gasteiger partial charge in [-0.05, 0) is 32.4 Å². The van der Waals surface area contributed by atoms with Crippen molar-refractivity contribution in [3.63, 3.8) is 0 Å². The van der Waals surface area contributed by atoms with Crippen LogP contribution < -0.4 is 5.32 Å². The first-order chi connectivity index (χ1) is 7.24. The van der Waals surface area contributed by atoms with E-state index in [1.54, 1.807) is 0 Å². The number of halogens is 1. The van der Waals surface area contributed by atoms with E-state index in [1.165, 1.54) is 12.8 Å². The summed E-state index contributed by atoms with van der Waals surface area (Å²) in [6.07, 6.45) is 2.73. The van der Waals surface area contributed by atoms with E-state index in [9.17, 15) is 0 Å². The van der Waals surface area contributed by atoms with Crippen molar-refractivity contribution in [2.45, 2.75) is 24.3 Å². The Bertz CT molecular complexity index is 197. The number of alkyl halides is 1. The largest absolute Gasteiger partial charge is 0.374 e. The van der Waals surface area contributed by atoms with Crippen LogP contribution >= 0.6 is 11.6 Å². The Morgan fingerprint density at radius 1 is 1.40 bits per heavy atom. The number of nitrogens with one attached hydrogen (secondary N) is 1. The molecule has 1 aliphatic carbocycles. The summed E-state index contributed by atoms with van der Waals surface area (Å²) < 4.78 is 5.67. The minimum atomic E-state index is 0.371. The summed E-state index contributed by atoms with van der Waals surface area (Å²) in [7, 11) is 2.15. The van der Waals surface area contributed by atoms with E-state index in [0.29, 0.717) is 11.5 Å². The van der Waals surface area contributed by atoms with Crippen LogP contribution in [0.5, 0.6) is 0 Å². The number of hydrogen-bond donors (Lipinski definition) is 1. The number of rotatable bonds is 4. The zero-order chi connectivity index (χ0) is 10.7. The smallest absolute Gasteiger partial charge is 0.0826 e. The highest BCUT2D eigenvalue weighted by Crippen LogP contribution is 2.30. The molecule has 0 aromatic rings. The summed E-state index contributed by atoms with van der Waals surface area (Å²) >= 11 is 5.93. The van der Waals surface area contributed by atoms with Crippen LogP contribution in [0.1, 0.15) is 12.8 Å². The molecular formula is C11H21ClN2O. The molecule has 0 aromatic carbocycles. The fourth-order valence-electron chi connectivity index (χ4n) is 2.26. The standard InChI is InChI=1S/C11H21ClN2O/c1-14-2-3-15-11(8-14)7-13-6-9-4-10(12)5-9/h9-11,13H,2-8H2,1H3. The van der Waals surface area contributed by atoms with Gasteiger partial charge in [0.05, 0.1) is 12.7 Å². The predicted molar refractivity (Wildman–Crippen MR) is 62.5 cm³/mol. The second kappa shape index (κ2) is 5.48. The molecule has 1 heterocycles. The third-order valence-corrected chi connectivity index (χ3v) is 3.68. The Morgan fingerprint density at radius 2 is 2.20 bits per heavy atom. The van der Waals surface area contributed by atoms with Crippen LogP contribution in [0.4, 0.5) is 0 Å². The number of likely N-dealkylation sites (N-methyl/N-ethyl adjacent to an activating group) is 1. The van der Waals surface area contributed by atoms with Crippen molar-refractivity contribution >= 4 is 11.6 Å². The minimum Gasteiger partial charge on any atom is -0.374 e. The first-order valence-electron chi connectivity index (χ1n) is 5.89. The van der Waals surface area contributed by atoms with Crippen molar-refractivity contribution in [3.8, 4) is 0 Å². The third-order valence-electron chi connectivity index (χ3n) is 3.33. The van der Waals surface area contributed by atoms with E-state index in [4.69, 9.17) is 16.3 Å². The molecule has 15 heavy (non-hydrogen) atoms. The van der Waals surface area contributed by atoms with Gasteiger partial charge in [-0.3, -0.25) is 0 Å². The highest BCUT2D eigenvalue weighted by Gasteiger charge is 2.27. The van der Waals surface area contributed by atoms with Crippen molar-refractivity contribution in [1.82, 2.24) is 10.2 Å². The van der Waals surface area contributed by atoms with Gasteiger partial charge >= 0.3 is 0 Å². The number of hydrogen-bond acceptors (Lipinski definition) is 3. The molecule has 1 unspecified atom stereocenters. The molecule has 2 rings (SSSR count). The Balaban J connectivity index is 1.53. The number of nitrogens with zero attached hydrogens (tertiary/aromatic N) is 1. The summed E-state index contributed by atoms with van der Waals surface area (Å²) in [6.45, 7) is 5.07. The van der Waals surface area contributed by atoms with Crippen molar-refractivity contribution in [3.05, 3.63) is 0 Å². The van der Waals surface area contributed by atoms with Gasteiger partial charge in [-0.15, -0.1) is 11.6 Å². The molecule has 0 spiro atoms. The Kier molecular flexibility index (Phi) is 4.26. The molecule has 0 aromatic heterocycles. The fourth-order valence-corrected chi connectivity index (χ4v) is 2.76. The molecule has 1 aliphatic heterocycles. The normalized spacial score (nSPS) is 37.6. The average Bonchev–Trinajstić information content (AvgIpc) is 2.15. The van der Waals surface area contributed by atoms with Gasteiger partial charge in [0.25, 0.3) is 0 Å². The Labute approximate surface area is 97.1 Å². The van der Waals surface area contributed by atoms with Crippen LogP contribution in [0.2, 0.25) is 0 Å². The summed E-state index contributed by atoms with van der Waals surface area (Å²) in [4.78, 5) is 2.33. The third kappa shape index (κ3) is 3.59. The average molecular weight is 233 g/mol. The maximum absolute atomic E-state index is 5.93. The quantitative estimate of drug-likeness (QED) is 0.730. The van der Waals surface area contributed by atoms with Gasteiger partial charge in [-0.2, -0.15) is 0 Å². The highest BCUT2D eigenvalue weighted by molar-refractivity contribution is 6.21. The number of ether oxygens (including phenoxy) is 1. The topological polar surface area (TPSA) is 24.5 Å². The van der Waals surface area contributed by atoms with Crippen LogP contribution in [-0.4, -0.2) is 56.2 Å². The van der Waals surface area contributed by atoms with Crippen LogP contribution in [0.15, 0.2) is 0 Å². The van der Waals surface area contributed by atoms with E-state index in [0.717, 1.165) is 38.7 Å². The monoisotopic (exact) mass is 232 g/mol. The van der Waals surface area contributed by atoms with Crippen molar-refractivity contribution in [1.29, 1.82) is 0 Å². The van der Waals surface area contributed by atoms with E-state index in [1.807, 2.05) is 0 Å². The molecule has 0 radical (unpaired) electrons. The first kappa shape index (κ1) is 11.6. The summed E-state index contributed by atoms with van der Waals surface area (Å²) in [5.74, 6) is 0.800. The van der Waals surface area contributed by atoms with Crippen LogP contribution in [-0.2, 0) is 4.74 Å². The molecule has 0 amide bonds. The lowest BCUT2D eigenvalue weighted by Crippen LogP contribution is -2.46. The fraction of sp³-hybridized carbons (Fsp3) is 1.00. The summed E-state index contributed by atoms with van der Waals surface area (Å²) in [5.41, 5.74) is 0. The molecule has 0 bridgehead atoms. The molecule has 1 saturated heterocycles. The summed E-state index contributed by atoms with van der Waals surface area (Å²) in [6, 6.07) is 0. The van der Waals surface area contributed by atoms with Gasteiger partial charge in [-0.1, -0.05) is 0 Å². The van der Waals surface area contributed by atoms with Gasteiger partial charge in [0.1, 0.15) is 0 Å². The zero-order valence-electron chi connectivity index (χ0n) is 9.42. The van der Waals surface area contributed by atoms with Crippen LogP contribution in [0.3, 0.4) is 0 Å². The maximum Gasteiger partial charge on any atom is 0.0826 e. The second-order valence-electron chi connectivity index (χ2n) is 4.85. The van der Waals surface area contributed by atoms with Crippen LogP contribution in [0.25, 0.3) is 0 Å². The zero-order valence-corrected chi connectivity index (χ0v) is 10.2. The number of morpholine rings is 1. The molecule has 1 N–H and O–H groups in total. The van der Waals surface area contributed by atoms with Gasteiger partial charge in [0, 0.05) is 25.0 Å². The Hall–Kier alpha value is 0.170. The van der Waals surface area contributed by atoms with Gasteiger partial charge in [0.2, 0.25) is 0 Å². The lowest BCUT2D eigenvalue weighted by atomic mass is 9.85. The van der Waals surface area contributed by atoms with Gasteiger partial charge in [-0.25, -0.2) is 0 Å². The van der Waals surface area contributed by atoms with E-state index >= 15 is 0 Å². The Morgan fingerprint density at radius 3 is 2.87 bits per heavy atom. The summed E-state index contributed by atoms with van der Waals surface area (Å²) in [5, 5.41) is 3.93. The minimum absolute atomic E-state index is 0.371. The molecule has 88 valence electrons. The van der Waals surface area contributed by atoms with E-state index in [-0.39, 0.29) is 0 Å². The predicted octanol–water partition coefficient (Wildman–Crippen LogP) is 0.924. The molecule has 4 heteroatoms. The molecule has 3 nitrogen and oxygen atoms in total. The SMILES string of the molecule is CN1CCOC(CNCC2CC(Cl)C2)C1. The second-order valence-corrected chi connectivity index (χ2v) is 5.47. The van der Waals surface area contributed by atoms with Crippen LogP contribution in [0, 0.1) is 5.92 Å². The molecular weight excluding hydrogens is 212 g/mol.